The lowest BCUT2D eigenvalue weighted by molar-refractivity contribution is 1.29. The molecule has 0 spiro atoms. The Kier molecular flexibility index (Phi) is 2.23. The van der Waals surface area contributed by atoms with Gasteiger partial charge in [0.1, 0.15) is 29.1 Å². The molecule has 0 fully saturated rings. The Balaban J connectivity index is 3.63. The average Bonchev–Trinajstić information content (AvgIpc) is 2.04. The van der Waals surface area contributed by atoms with Gasteiger partial charge in [0.25, 0.3) is 0 Å². The molecule has 1 rings (SSSR count). The van der Waals surface area contributed by atoms with Crippen LogP contribution in [0, 0.1) is 22.7 Å². The smallest absolute Gasteiger partial charge is 0.151 e. The van der Waals surface area contributed by atoms with Gasteiger partial charge in [-0.2, -0.15) is 10.5 Å². The number of nitriles is 2. The van der Waals surface area contributed by atoms with Crippen LogP contribution in [-0.2, 0) is 0 Å². The number of nitrogens with two attached hydrogens (primary N) is 2. The molecule has 0 saturated carbocycles. The van der Waals surface area contributed by atoms with Crippen LogP contribution >= 0.6 is 11.6 Å². The Labute approximate surface area is 79.1 Å². The van der Waals surface area contributed by atoms with Crippen LogP contribution in [0.3, 0.4) is 0 Å². The summed E-state index contributed by atoms with van der Waals surface area (Å²) >= 11 is 5.56. The molecule has 1 heterocycles. The van der Waals surface area contributed by atoms with Crippen LogP contribution in [0.4, 0.5) is 11.5 Å². The quantitative estimate of drug-likeness (QED) is 0.587. The van der Waals surface area contributed by atoms with E-state index in [-0.39, 0.29) is 27.8 Å². The number of pyridine rings is 1. The standard InChI is InChI=1S/C7H4ClN5/c8-6-3(1-9)5(11)4(2-10)7(12)13-6/h(H4,11,12,13). The molecular weight excluding hydrogens is 190 g/mol. The molecule has 0 saturated heterocycles. The zero-order valence-corrected chi connectivity index (χ0v) is 7.13. The Morgan fingerprint density at radius 2 is 1.69 bits per heavy atom. The number of hydrogen-bond donors (Lipinski definition) is 2. The Bertz CT molecular complexity index is 401. The molecule has 0 amide bonds. The first-order chi connectivity index (χ1) is 6.11. The molecule has 0 bridgehead atoms. The molecule has 0 radical (unpaired) electrons. The van der Waals surface area contributed by atoms with E-state index in [4.69, 9.17) is 33.6 Å². The average molecular weight is 194 g/mol. The fraction of sp³-hybridized carbons (Fsp3) is 0. The van der Waals surface area contributed by atoms with Crippen molar-refractivity contribution in [3.8, 4) is 12.1 Å². The maximum atomic E-state index is 8.61. The van der Waals surface area contributed by atoms with Gasteiger partial charge < -0.3 is 11.5 Å². The number of aromatic nitrogens is 1. The van der Waals surface area contributed by atoms with Crippen molar-refractivity contribution in [3.05, 3.63) is 16.3 Å². The van der Waals surface area contributed by atoms with Gasteiger partial charge in [0, 0.05) is 0 Å². The largest absolute Gasteiger partial charge is 0.396 e. The molecule has 6 heteroatoms. The highest BCUT2D eigenvalue weighted by Crippen LogP contribution is 2.26. The van der Waals surface area contributed by atoms with E-state index >= 15 is 0 Å². The summed E-state index contributed by atoms with van der Waals surface area (Å²) in [6, 6.07) is 3.48. The van der Waals surface area contributed by atoms with Crippen LogP contribution in [0.5, 0.6) is 0 Å². The summed E-state index contributed by atoms with van der Waals surface area (Å²) in [5, 5.41) is 17.1. The van der Waals surface area contributed by atoms with Crippen molar-refractivity contribution < 1.29 is 0 Å². The van der Waals surface area contributed by atoms with Crippen molar-refractivity contribution in [1.82, 2.24) is 4.98 Å². The SMILES string of the molecule is N#Cc1c(N)nc(Cl)c(C#N)c1N. The van der Waals surface area contributed by atoms with Gasteiger partial charge in [-0.3, -0.25) is 0 Å². The van der Waals surface area contributed by atoms with Crippen molar-refractivity contribution in [2.75, 3.05) is 11.5 Å². The van der Waals surface area contributed by atoms with E-state index in [2.05, 4.69) is 4.98 Å². The van der Waals surface area contributed by atoms with Crippen LogP contribution < -0.4 is 11.5 Å². The van der Waals surface area contributed by atoms with E-state index in [1.807, 2.05) is 0 Å². The molecular formula is C7H4ClN5. The predicted octanol–water partition coefficient (Wildman–Crippen LogP) is 0.643. The Morgan fingerprint density at radius 1 is 1.15 bits per heavy atom. The molecule has 0 aliphatic rings. The third-order valence-corrected chi connectivity index (χ3v) is 1.72. The van der Waals surface area contributed by atoms with Gasteiger partial charge in [0.05, 0.1) is 5.69 Å². The number of hydrogen-bond acceptors (Lipinski definition) is 5. The van der Waals surface area contributed by atoms with Crippen LogP contribution in [0.1, 0.15) is 11.1 Å². The Hall–Kier alpha value is -1.98. The molecule has 1 aromatic heterocycles. The minimum absolute atomic E-state index is 0.0130. The summed E-state index contributed by atoms with van der Waals surface area (Å²) in [5.74, 6) is -0.0657. The van der Waals surface area contributed by atoms with Crippen molar-refractivity contribution in [1.29, 1.82) is 10.5 Å². The minimum Gasteiger partial charge on any atom is -0.396 e. The number of nitrogens with zero attached hydrogens (tertiary/aromatic N) is 3. The van der Waals surface area contributed by atoms with E-state index in [9.17, 15) is 0 Å². The third-order valence-electron chi connectivity index (χ3n) is 1.44. The van der Waals surface area contributed by atoms with Gasteiger partial charge in [-0.25, -0.2) is 4.98 Å². The molecule has 5 nitrogen and oxygen atoms in total. The van der Waals surface area contributed by atoms with Gasteiger partial charge in [0.2, 0.25) is 0 Å². The van der Waals surface area contributed by atoms with E-state index in [0.29, 0.717) is 0 Å². The van der Waals surface area contributed by atoms with Crippen LogP contribution in [0.2, 0.25) is 5.15 Å². The van der Waals surface area contributed by atoms with Gasteiger partial charge in [-0.05, 0) is 0 Å². The van der Waals surface area contributed by atoms with E-state index in [1.54, 1.807) is 12.1 Å². The van der Waals surface area contributed by atoms with Gasteiger partial charge >= 0.3 is 0 Å². The van der Waals surface area contributed by atoms with Gasteiger partial charge in [-0.15, -0.1) is 0 Å². The van der Waals surface area contributed by atoms with Crippen molar-refractivity contribution in [2.24, 2.45) is 0 Å². The summed E-state index contributed by atoms with van der Waals surface area (Å²) in [6.07, 6.45) is 0. The normalized spacial score (nSPS) is 8.85. The van der Waals surface area contributed by atoms with Crippen molar-refractivity contribution >= 4 is 23.1 Å². The summed E-state index contributed by atoms with van der Waals surface area (Å²) < 4.78 is 0. The first-order valence-corrected chi connectivity index (χ1v) is 3.54. The monoisotopic (exact) mass is 193 g/mol. The molecule has 0 atom stereocenters. The fourth-order valence-electron chi connectivity index (χ4n) is 0.816. The topological polar surface area (TPSA) is 113 Å². The zero-order valence-electron chi connectivity index (χ0n) is 6.37. The highest BCUT2D eigenvalue weighted by molar-refractivity contribution is 6.31. The first-order valence-electron chi connectivity index (χ1n) is 3.16. The molecule has 64 valence electrons. The lowest BCUT2D eigenvalue weighted by atomic mass is 10.1. The number of nitrogen functional groups attached to an aromatic ring is 2. The second-order valence-electron chi connectivity index (χ2n) is 2.18. The molecule has 1 aromatic rings. The predicted molar refractivity (Wildman–Crippen MR) is 47.5 cm³/mol. The summed E-state index contributed by atoms with van der Waals surface area (Å²) in [6.45, 7) is 0. The highest BCUT2D eigenvalue weighted by atomic mass is 35.5. The maximum Gasteiger partial charge on any atom is 0.151 e. The van der Waals surface area contributed by atoms with E-state index < -0.39 is 0 Å². The molecule has 0 aliphatic carbocycles. The van der Waals surface area contributed by atoms with E-state index in [1.165, 1.54) is 0 Å². The number of halogens is 1. The van der Waals surface area contributed by atoms with Crippen molar-refractivity contribution in [3.63, 3.8) is 0 Å². The molecule has 0 aromatic carbocycles. The second-order valence-corrected chi connectivity index (χ2v) is 2.53. The lowest BCUT2D eigenvalue weighted by Gasteiger charge is -2.03. The van der Waals surface area contributed by atoms with Crippen LogP contribution in [-0.4, -0.2) is 4.98 Å². The number of anilines is 2. The van der Waals surface area contributed by atoms with Gasteiger partial charge in [0.15, 0.2) is 5.15 Å². The maximum absolute atomic E-state index is 8.61. The van der Waals surface area contributed by atoms with Crippen LogP contribution in [0.15, 0.2) is 0 Å². The highest BCUT2D eigenvalue weighted by Gasteiger charge is 2.14. The lowest BCUT2D eigenvalue weighted by Crippen LogP contribution is -2.03. The molecule has 13 heavy (non-hydrogen) atoms. The van der Waals surface area contributed by atoms with Crippen molar-refractivity contribution in [2.45, 2.75) is 0 Å². The molecule has 4 N–H and O–H groups in total. The molecule has 0 aliphatic heterocycles. The summed E-state index contributed by atoms with van der Waals surface area (Å²) in [7, 11) is 0. The minimum atomic E-state index is -0.0866. The molecule has 0 unspecified atom stereocenters. The summed E-state index contributed by atoms with van der Waals surface area (Å²) in [4.78, 5) is 3.59. The third kappa shape index (κ3) is 1.33. The van der Waals surface area contributed by atoms with E-state index in [0.717, 1.165) is 0 Å². The van der Waals surface area contributed by atoms with Crippen LogP contribution in [0.25, 0.3) is 0 Å². The second kappa shape index (κ2) is 3.18. The van der Waals surface area contributed by atoms with Gasteiger partial charge in [-0.1, -0.05) is 11.6 Å². The summed E-state index contributed by atoms with van der Waals surface area (Å²) in [5.41, 5.74) is 10.7. The fourth-order valence-corrected chi connectivity index (χ4v) is 1.05. The number of rotatable bonds is 0. The first kappa shape index (κ1) is 9.11. The zero-order chi connectivity index (χ0) is 10.0. The Morgan fingerprint density at radius 3 is 2.15 bits per heavy atom.